The normalized spacial score (nSPS) is 18.4. The molecule has 1 amide bonds. The highest BCUT2D eigenvalue weighted by Gasteiger charge is 2.40. The summed E-state index contributed by atoms with van der Waals surface area (Å²) in [4.78, 5) is 35.2. The van der Waals surface area contributed by atoms with Gasteiger partial charge >= 0.3 is 6.18 Å². The summed E-state index contributed by atoms with van der Waals surface area (Å²) < 4.78 is 45.1. The van der Waals surface area contributed by atoms with Crippen LogP contribution in [0.1, 0.15) is 18.9 Å². The number of nitrogens with one attached hydrogen (secondary N) is 2. The van der Waals surface area contributed by atoms with Crippen LogP contribution in [0.15, 0.2) is 23.3 Å². The minimum absolute atomic E-state index is 0.0215. The highest BCUT2D eigenvalue weighted by molar-refractivity contribution is 7.80. The van der Waals surface area contributed by atoms with Gasteiger partial charge in [-0.15, -0.1) is 0 Å². The summed E-state index contributed by atoms with van der Waals surface area (Å²) in [5.41, 5.74) is -2.30. The van der Waals surface area contributed by atoms with Gasteiger partial charge in [-0.05, 0) is 13.0 Å². The highest BCUT2D eigenvalue weighted by Crippen LogP contribution is 2.37. The smallest absolute Gasteiger partial charge is 0.379 e. The number of hydrogen-bond donors (Lipinski definition) is 2. The minimum Gasteiger partial charge on any atom is -0.379 e. The van der Waals surface area contributed by atoms with Crippen molar-refractivity contribution in [2.75, 3.05) is 55.0 Å². The number of thiocarbonyl (C=S) groups is 1. The summed E-state index contributed by atoms with van der Waals surface area (Å²) >= 11 is 11.8. The van der Waals surface area contributed by atoms with Crippen LogP contribution in [0.5, 0.6) is 0 Å². The second-order valence-corrected chi connectivity index (χ2v) is 9.65. The number of aromatic amines is 1. The van der Waals surface area contributed by atoms with Crippen molar-refractivity contribution in [1.82, 2.24) is 20.1 Å². The number of carbonyl (C=O) groups excluding carboxylic acids is 1. The van der Waals surface area contributed by atoms with Crippen LogP contribution in [-0.4, -0.2) is 83.0 Å². The van der Waals surface area contributed by atoms with Gasteiger partial charge in [-0.2, -0.15) is 18.3 Å². The Kier molecular flexibility index (Phi) is 7.90. The van der Waals surface area contributed by atoms with Crippen molar-refractivity contribution in [2.24, 2.45) is 0 Å². The van der Waals surface area contributed by atoms with Crippen molar-refractivity contribution in [2.45, 2.75) is 31.6 Å². The highest BCUT2D eigenvalue weighted by atomic mass is 35.5. The summed E-state index contributed by atoms with van der Waals surface area (Å²) in [5, 5.41) is 8.32. The lowest BCUT2D eigenvalue weighted by molar-refractivity contribution is -0.138. The van der Waals surface area contributed by atoms with E-state index in [9.17, 15) is 22.8 Å². The third-order valence-electron chi connectivity index (χ3n) is 6.17. The van der Waals surface area contributed by atoms with Crippen LogP contribution in [0, 0.1) is 0 Å². The molecule has 0 unspecified atom stereocenters. The fraction of sp³-hybridized carbons (Fsp3) is 0.500. The number of halogens is 4. The van der Waals surface area contributed by atoms with Crippen molar-refractivity contribution < 1.29 is 22.7 Å². The maximum absolute atomic E-state index is 13.2. The van der Waals surface area contributed by atoms with Crippen LogP contribution in [0.25, 0.3) is 0 Å². The van der Waals surface area contributed by atoms with Crippen LogP contribution in [0.4, 0.5) is 30.4 Å². The van der Waals surface area contributed by atoms with Gasteiger partial charge in [0.25, 0.3) is 5.56 Å². The number of piperazine rings is 1. The van der Waals surface area contributed by atoms with Crippen molar-refractivity contribution in [3.63, 3.8) is 0 Å². The average Bonchev–Trinajstić information content (AvgIpc) is 2.84. The molecule has 0 aromatic carbocycles. The Morgan fingerprint density at radius 3 is 2.86 bits per heavy atom. The third-order valence-corrected chi connectivity index (χ3v) is 6.92. The Morgan fingerprint density at radius 2 is 2.14 bits per heavy atom. The number of carbonyl (C=O) groups is 1. The van der Waals surface area contributed by atoms with Gasteiger partial charge in [0.2, 0.25) is 5.91 Å². The number of aromatic nitrogens is 3. The molecule has 2 aromatic rings. The second kappa shape index (κ2) is 10.8. The molecule has 2 N–H and O–H groups in total. The molecule has 0 bridgehead atoms. The zero-order chi connectivity index (χ0) is 26.9. The number of likely N-dealkylation sites (N-methyl/N-ethyl adjacent to an activating group) is 1. The molecule has 200 valence electrons. The van der Waals surface area contributed by atoms with E-state index in [4.69, 9.17) is 28.6 Å². The molecule has 1 fully saturated rings. The van der Waals surface area contributed by atoms with E-state index in [1.807, 2.05) is 18.0 Å². The quantitative estimate of drug-likeness (QED) is 0.391. The molecule has 2 aliphatic rings. The maximum atomic E-state index is 13.2. The van der Waals surface area contributed by atoms with Crippen molar-refractivity contribution in [3.8, 4) is 0 Å². The predicted molar refractivity (Wildman–Crippen MR) is 136 cm³/mol. The zero-order valence-corrected chi connectivity index (χ0v) is 21.6. The van der Waals surface area contributed by atoms with E-state index in [1.54, 1.807) is 23.1 Å². The van der Waals surface area contributed by atoms with Crippen molar-refractivity contribution >= 4 is 51.9 Å². The van der Waals surface area contributed by atoms with Crippen LogP contribution in [0.2, 0.25) is 5.02 Å². The van der Waals surface area contributed by atoms with E-state index in [-0.39, 0.29) is 31.6 Å². The average molecular weight is 560 g/mol. The Morgan fingerprint density at radius 1 is 1.38 bits per heavy atom. The number of pyridine rings is 1. The molecule has 2 atom stereocenters. The standard InChI is InChI=1S/C22H25ClF3N7O3S/c1-12(29-14-9-28-30-20(35)18(14)22(24,25)26)11-36-6-3-17(34)32-4-5-33-16(10-32)21(37)31(2)15-7-13(23)8-27-19(15)33/h7-9,12,16H,3-6,10-11H2,1-2H3,(H2,29,30,35)/t12-,16-/m0/s1. The lowest BCUT2D eigenvalue weighted by atomic mass is 10.1. The first-order chi connectivity index (χ1) is 17.5. The first kappa shape index (κ1) is 27.1. The van der Waals surface area contributed by atoms with Crippen LogP contribution < -0.4 is 20.7 Å². The molecule has 2 aliphatic heterocycles. The number of H-pyrrole nitrogens is 1. The molecule has 15 heteroatoms. The molecular formula is C22H25ClF3N7O3S. The van der Waals surface area contributed by atoms with Gasteiger partial charge in [-0.3, -0.25) is 9.59 Å². The molecule has 37 heavy (non-hydrogen) atoms. The second-order valence-electron chi connectivity index (χ2n) is 8.80. The van der Waals surface area contributed by atoms with Crippen LogP contribution in [0.3, 0.4) is 0 Å². The van der Waals surface area contributed by atoms with Gasteiger partial charge in [0.05, 0.1) is 48.3 Å². The molecule has 2 aromatic heterocycles. The molecule has 0 aliphatic carbocycles. The number of nitrogens with zero attached hydrogens (tertiary/aromatic N) is 5. The number of rotatable bonds is 7. The SMILES string of the molecule is C[C@@H](COCCC(=O)N1CCN2c3ncc(Cl)cc3N(C)C(=S)[C@@H]2C1)Nc1cn[nH]c(=O)c1C(F)(F)F. The molecule has 10 nitrogen and oxygen atoms in total. The van der Waals surface area contributed by atoms with E-state index >= 15 is 0 Å². The molecule has 4 heterocycles. The fourth-order valence-corrected chi connectivity index (χ4v) is 4.83. The topological polar surface area (TPSA) is 107 Å². The number of anilines is 3. The first-order valence-electron chi connectivity index (χ1n) is 11.4. The summed E-state index contributed by atoms with van der Waals surface area (Å²) in [7, 11) is 1.85. The number of hydrogen-bond acceptors (Lipinski definition) is 8. The Labute approximate surface area is 220 Å². The van der Waals surface area contributed by atoms with Gasteiger partial charge < -0.3 is 24.8 Å². The first-order valence-corrected chi connectivity index (χ1v) is 12.2. The zero-order valence-electron chi connectivity index (χ0n) is 20.0. The van der Waals surface area contributed by atoms with E-state index < -0.39 is 29.0 Å². The van der Waals surface area contributed by atoms with E-state index in [2.05, 4.69) is 20.3 Å². The Bertz CT molecular complexity index is 1240. The predicted octanol–water partition coefficient (Wildman–Crippen LogP) is 2.54. The number of fused-ring (bicyclic) bond motifs is 3. The van der Waals surface area contributed by atoms with Gasteiger partial charge in [-0.1, -0.05) is 23.8 Å². The van der Waals surface area contributed by atoms with Gasteiger partial charge in [0.15, 0.2) is 5.82 Å². The lowest BCUT2D eigenvalue weighted by Gasteiger charge is -2.48. The molecule has 0 saturated carbocycles. The van der Waals surface area contributed by atoms with E-state index in [1.165, 1.54) is 0 Å². The fourth-order valence-electron chi connectivity index (χ4n) is 4.38. The van der Waals surface area contributed by atoms with Gasteiger partial charge in [0.1, 0.15) is 10.6 Å². The maximum Gasteiger partial charge on any atom is 0.423 e. The molecule has 0 radical (unpaired) electrons. The van der Waals surface area contributed by atoms with E-state index in [0.717, 1.165) is 17.7 Å². The molecule has 0 spiro atoms. The molecule has 4 rings (SSSR count). The Hall–Kier alpha value is -2.97. The van der Waals surface area contributed by atoms with Crippen LogP contribution >= 0.6 is 23.8 Å². The van der Waals surface area contributed by atoms with E-state index in [0.29, 0.717) is 29.6 Å². The lowest BCUT2D eigenvalue weighted by Crippen LogP contribution is -2.62. The van der Waals surface area contributed by atoms with Crippen molar-refractivity contribution in [1.29, 1.82) is 0 Å². The summed E-state index contributed by atoms with van der Waals surface area (Å²) in [5.74, 6) is 0.658. The Balaban J connectivity index is 1.28. The third kappa shape index (κ3) is 5.80. The molecule has 1 saturated heterocycles. The van der Waals surface area contributed by atoms with Crippen molar-refractivity contribution in [3.05, 3.63) is 39.4 Å². The number of amides is 1. The number of ether oxygens (including phenoxy) is 1. The minimum atomic E-state index is -4.84. The summed E-state index contributed by atoms with van der Waals surface area (Å²) in [6.07, 6.45) is -2.25. The van der Waals surface area contributed by atoms with Crippen LogP contribution in [-0.2, 0) is 15.7 Å². The van der Waals surface area contributed by atoms with Gasteiger partial charge in [-0.25, -0.2) is 10.1 Å². The summed E-state index contributed by atoms with van der Waals surface area (Å²) in [6, 6.07) is 1.04. The van der Waals surface area contributed by atoms with Gasteiger partial charge in [0, 0.05) is 38.9 Å². The number of alkyl halides is 3. The largest absolute Gasteiger partial charge is 0.423 e. The summed E-state index contributed by atoms with van der Waals surface area (Å²) in [6.45, 7) is 3.15. The monoisotopic (exact) mass is 559 g/mol. The molecular weight excluding hydrogens is 535 g/mol.